The van der Waals surface area contributed by atoms with Crippen molar-refractivity contribution in [1.82, 2.24) is 4.98 Å². The lowest BCUT2D eigenvalue weighted by atomic mass is 10.0. The van der Waals surface area contributed by atoms with E-state index in [4.69, 9.17) is 4.74 Å². The molecule has 104 valence electrons. The van der Waals surface area contributed by atoms with Crippen LogP contribution in [0.1, 0.15) is 40.7 Å². The average Bonchev–Trinajstić information content (AvgIpc) is 2.45. The van der Waals surface area contributed by atoms with Crippen molar-refractivity contribution in [3.8, 4) is 5.75 Å². The van der Waals surface area contributed by atoms with Crippen molar-refractivity contribution in [2.75, 3.05) is 6.61 Å². The number of pyridine rings is 1. The number of ether oxygens (including phenoxy) is 1. The van der Waals surface area contributed by atoms with E-state index in [-0.39, 0.29) is 5.78 Å². The molecule has 3 heteroatoms. The lowest BCUT2D eigenvalue weighted by Gasteiger charge is -2.07. The first-order chi connectivity index (χ1) is 9.61. The molecule has 0 saturated carbocycles. The summed E-state index contributed by atoms with van der Waals surface area (Å²) in [7, 11) is 0. The molecule has 0 aliphatic rings. The van der Waals surface area contributed by atoms with Crippen LogP contribution < -0.4 is 4.74 Å². The summed E-state index contributed by atoms with van der Waals surface area (Å²) >= 11 is 0. The van der Waals surface area contributed by atoms with Crippen molar-refractivity contribution in [2.24, 2.45) is 0 Å². The largest absolute Gasteiger partial charge is 0.494 e. The summed E-state index contributed by atoms with van der Waals surface area (Å²) in [5.74, 6) is 0.791. The van der Waals surface area contributed by atoms with Crippen LogP contribution in [0.15, 0.2) is 36.4 Å². The number of rotatable bonds is 5. The summed E-state index contributed by atoms with van der Waals surface area (Å²) < 4.78 is 5.51. The van der Waals surface area contributed by atoms with E-state index < -0.39 is 0 Å². The molecule has 0 unspecified atom stereocenters. The molecule has 0 radical (unpaired) electrons. The monoisotopic (exact) mass is 269 g/mol. The van der Waals surface area contributed by atoms with E-state index in [9.17, 15) is 4.79 Å². The first-order valence-corrected chi connectivity index (χ1v) is 6.83. The molecule has 0 aliphatic heterocycles. The summed E-state index contributed by atoms with van der Waals surface area (Å²) in [6, 6.07) is 11.0. The van der Waals surface area contributed by atoms with Crippen molar-refractivity contribution in [3.05, 3.63) is 58.9 Å². The van der Waals surface area contributed by atoms with E-state index in [1.807, 2.05) is 38.1 Å². The highest BCUT2D eigenvalue weighted by molar-refractivity contribution is 6.09. The zero-order chi connectivity index (χ0) is 14.5. The second kappa shape index (κ2) is 6.33. The molecule has 0 bridgehead atoms. The summed E-state index contributed by atoms with van der Waals surface area (Å²) in [6.45, 7) is 6.53. The van der Waals surface area contributed by atoms with E-state index >= 15 is 0 Å². The fourth-order valence-electron chi connectivity index (χ4n) is 2.00. The van der Waals surface area contributed by atoms with Crippen LogP contribution in [0.5, 0.6) is 5.75 Å². The van der Waals surface area contributed by atoms with Gasteiger partial charge in [-0.1, -0.05) is 6.92 Å². The molecule has 1 aromatic heterocycles. The van der Waals surface area contributed by atoms with Crippen molar-refractivity contribution >= 4 is 5.78 Å². The third-order valence-electron chi connectivity index (χ3n) is 3.06. The Bertz CT molecular complexity index is 603. The fraction of sp³-hybridized carbons (Fsp3) is 0.294. The Balaban J connectivity index is 2.20. The minimum absolute atomic E-state index is 0.00274. The minimum Gasteiger partial charge on any atom is -0.494 e. The van der Waals surface area contributed by atoms with Gasteiger partial charge in [-0.2, -0.15) is 0 Å². The molecular formula is C17H19NO2. The van der Waals surface area contributed by atoms with Crippen LogP contribution in [0.3, 0.4) is 0 Å². The Kier molecular flexibility index (Phi) is 4.51. The van der Waals surface area contributed by atoms with E-state index in [2.05, 4.69) is 11.9 Å². The molecule has 0 saturated heterocycles. The van der Waals surface area contributed by atoms with Gasteiger partial charge in [0, 0.05) is 22.5 Å². The molecule has 1 heterocycles. The molecular weight excluding hydrogens is 250 g/mol. The zero-order valence-electron chi connectivity index (χ0n) is 12.1. The predicted molar refractivity (Wildman–Crippen MR) is 79.4 cm³/mol. The fourth-order valence-corrected chi connectivity index (χ4v) is 2.00. The summed E-state index contributed by atoms with van der Waals surface area (Å²) in [6.07, 6.45) is 0.967. The van der Waals surface area contributed by atoms with Crippen LogP contribution >= 0.6 is 0 Å². The maximum Gasteiger partial charge on any atom is 0.194 e. The third kappa shape index (κ3) is 3.23. The molecule has 2 rings (SSSR count). The van der Waals surface area contributed by atoms with Gasteiger partial charge in [-0.15, -0.1) is 0 Å². The lowest BCUT2D eigenvalue weighted by Crippen LogP contribution is -2.05. The number of carbonyl (C=O) groups excluding carboxylic acids is 1. The van der Waals surface area contributed by atoms with Gasteiger partial charge in [-0.3, -0.25) is 9.78 Å². The van der Waals surface area contributed by atoms with Gasteiger partial charge in [0.15, 0.2) is 5.78 Å². The summed E-state index contributed by atoms with van der Waals surface area (Å²) in [4.78, 5) is 16.8. The molecule has 2 aromatic rings. The first kappa shape index (κ1) is 14.3. The van der Waals surface area contributed by atoms with Crippen LogP contribution in [0.2, 0.25) is 0 Å². The highest BCUT2D eigenvalue weighted by atomic mass is 16.5. The maximum absolute atomic E-state index is 12.4. The van der Waals surface area contributed by atoms with Crippen molar-refractivity contribution in [3.63, 3.8) is 0 Å². The molecule has 0 aliphatic carbocycles. The highest BCUT2D eigenvalue weighted by Crippen LogP contribution is 2.17. The van der Waals surface area contributed by atoms with Crippen molar-refractivity contribution in [1.29, 1.82) is 0 Å². The SMILES string of the molecule is CCCOc1ccc(C(=O)c2ccc(C)nc2C)cc1. The average molecular weight is 269 g/mol. The number of aryl methyl sites for hydroxylation is 2. The Hall–Kier alpha value is -2.16. The van der Waals surface area contributed by atoms with Gasteiger partial charge in [0.05, 0.1) is 6.61 Å². The smallest absolute Gasteiger partial charge is 0.194 e. The second-order valence-corrected chi connectivity index (χ2v) is 4.79. The number of benzene rings is 1. The molecule has 0 fully saturated rings. The standard InChI is InChI=1S/C17H19NO2/c1-4-11-20-15-8-6-14(7-9-15)17(19)16-10-5-12(2)18-13(16)3/h5-10H,4,11H2,1-3H3. The molecule has 20 heavy (non-hydrogen) atoms. The van der Waals surface area contributed by atoms with Crippen LogP contribution in [0.25, 0.3) is 0 Å². The number of hydrogen-bond donors (Lipinski definition) is 0. The Morgan fingerprint density at radius 1 is 1.10 bits per heavy atom. The lowest BCUT2D eigenvalue weighted by molar-refractivity contribution is 0.103. The quantitative estimate of drug-likeness (QED) is 0.777. The van der Waals surface area contributed by atoms with Gasteiger partial charge >= 0.3 is 0 Å². The van der Waals surface area contributed by atoms with E-state index in [1.54, 1.807) is 12.1 Å². The van der Waals surface area contributed by atoms with Gasteiger partial charge < -0.3 is 4.74 Å². The summed E-state index contributed by atoms with van der Waals surface area (Å²) in [5.41, 5.74) is 2.99. The first-order valence-electron chi connectivity index (χ1n) is 6.83. The summed E-state index contributed by atoms with van der Waals surface area (Å²) in [5, 5.41) is 0. The Morgan fingerprint density at radius 3 is 2.40 bits per heavy atom. The van der Waals surface area contributed by atoms with Crippen LogP contribution in [-0.4, -0.2) is 17.4 Å². The van der Waals surface area contributed by atoms with Crippen molar-refractivity contribution < 1.29 is 9.53 Å². The number of hydrogen-bond acceptors (Lipinski definition) is 3. The molecule has 0 atom stereocenters. The number of ketones is 1. The molecule has 0 N–H and O–H groups in total. The van der Waals surface area contributed by atoms with Gasteiger partial charge in [0.2, 0.25) is 0 Å². The van der Waals surface area contributed by atoms with E-state index in [0.29, 0.717) is 17.7 Å². The second-order valence-electron chi connectivity index (χ2n) is 4.79. The number of carbonyl (C=O) groups is 1. The molecule has 3 nitrogen and oxygen atoms in total. The topological polar surface area (TPSA) is 39.2 Å². The predicted octanol–water partition coefficient (Wildman–Crippen LogP) is 3.72. The van der Waals surface area contributed by atoms with Gasteiger partial charge in [0.1, 0.15) is 5.75 Å². The molecule has 1 aromatic carbocycles. The minimum atomic E-state index is -0.00274. The zero-order valence-corrected chi connectivity index (χ0v) is 12.1. The van der Waals surface area contributed by atoms with Crippen LogP contribution in [-0.2, 0) is 0 Å². The van der Waals surface area contributed by atoms with Gasteiger partial charge in [-0.05, 0) is 56.7 Å². The maximum atomic E-state index is 12.4. The number of aromatic nitrogens is 1. The van der Waals surface area contributed by atoms with Gasteiger partial charge in [-0.25, -0.2) is 0 Å². The van der Waals surface area contributed by atoms with Crippen molar-refractivity contribution in [2.45, 2.75) is 27.2 Å². The van der Waals surface area contributed by atoms with E-state index in [0.717, 1.165) is 23.6 Å². The van der Waals surface area contributed by atoms with Crippen LogP contribution in [0, 0.1) is 13.8 Å². The van der Waals surface area contributed by atoms with E-state index in [1.165, 1.54) is 0 Å². The van der Waals surface area contributed by atoms with Gasteiger partial charge in [0.25, 0.3) is 0 Å². The number of nitrogens with zero attached hydrogens (tertiary/aromatic N) is 1. The normalized spacial score (nSPS) is 10.3. The Morgan fingerprint density at radius 2 is 1.80 bits per heavy atom. The van der Waals surface area contributed by atoms with Crippen LogP contribution in [0.4, 0.5) is 0 Å². The molecule has 0 amide bonds. The third-order valence-corrected chi connectivity index (χ3v) is 3.06. The molecule has 0 spiro atoms. The highest BCUT2D eigenvalue weighted by Gasteiger charge is 2.12. The Labute approximate surface area is 119 Å².